The Morgan fingerprint density at radius 1 is 1.11 bits per heavy atom. The van der Waals surface area contributed by atoms with Crippen molar-refractivity contribution < 1.29 is 28.7 Å². The van der Waals surface area contributed by atoms with Gasteiger partial charge in [0.15, 0.2) is 0 Å². The molecule has 0 unspecified atom stereocenters. The number of nitrogens with one attached hydrogen (secondary N) is 1. The van der Waals surface area contributed by atoms with Gasteiger partial charge in [0, 0.05) is 5.69 Å². The van der Waals surface area contributed by atoms with Gasteiger partial charge >= 0.3 is 5.97 Å². The number of halogens is 2. The van der Waals surface area contributed by atoms with E-state index in [4.69, 9.17) is 21.1 Å². The number of ether oxygens (including phenoxy) is 2. The molecule has 1 fully saturated rings. The molecule has 0 radical (unpaired) electrons. The molecule has 1 saturated heterocycles. The zero-order valence-corrected chi connectivity index (χ0v) is 23.5. The van der Waals surface area contributed by atoms with Crippen LogP contribution in [0.1, 0.15) is 49.0 Å². The summed E-state index contributed by atoms with van der Waals surface area (Å²) >= 11 is 10.3. The minimum Gasteiger partial charge on any atom is -0.492 e. The van der Waals surface area contributed by atoms with E-state index >= 15 is 0 Å². The third-order valence-corrected chi connectivity index (χ3v) is 6.95. The van der Waals surface area contributed by atoms with Crippen LogP contribution in [-0.2, 0) is 14.3 Å². The number of carbonyl (C=O) groups is 4. The van der Waals surface area contributed by atoms with Crippen molar-refractivity contribution in [1.82, 2.24) is 4.90 Å². The maximum Gasteiger partial charge on any atom is 0.339 e. The fourth-order valence-electron chi connectivity index (χ4n) is 3.21. The monoisotopic (exact) mass is 608 g/mol. The molecule has 0 atom stereocenters. The number of thioether (sulfide) groups is 1. The highest BCUT2D eigenvalue weighted by Gasteiger charge is 2.36. The topological polar surface area (TPSA) is 102 Å². The summed E-state index contributed by atoms with van der Waals surface area (Å²) in [7, 11) is 0. The number of rotatable bonds is 11. The average Bonchev–Trinajstić information content (AvgIpc) is 3.12. The van der Waals surface area contributed by atoms with Gasteiger partial charge in [-0.1, -0.05) is 37.9 Å². The van der Waals surface area contributed by atoms with Crippen LogP contribution in [0.5, 0.6) is 5.75 Å². The Kier molecular flexibility index (Phi) is 10.6. The van der Waals surface area contributed by atoms with Crippen LogP contribution in [0, 0.1) is 0 Å². The van der Waals surface area contributed by atoms with E-state index in [1.54, 1.807) is 24.3 Å². The van der Waals surface area contributed by atoms with Gasteiger partial charge in [-0.3, -0.25) is 19.3 Å². The number of unbranched alkanes of at least 4 members (excludes halogenated alkanes) is 1. The maximum atomic E-state index is 12.8. The average molecular weight is 610 g/mol. The lowest BCUT2D eigenvalue weighted by molar-refractivity contribution is -0.127. The van der Waals surface area contributed by atoms with Crippen LogP contribution in [0.4, 0.5) is 10.5 Å². The lowest BCUT2D eigenvalue weighted by atomic mass is 10.2. The summed E-state index contributed by atoms with van der Waals surface area (Å²) < 4.78 is 11.5. The summed E-state index contributed by atoms with van der Waals surface area (Å²) in [6, 6.07) is 9.73. The fraction of sp³-hybridized carbons (Fsp3) is 0.308. The molecule has 2 aromatic rings. The van der Waals surface area contributed by atoms with Crippen LogP contribution < -0.4 is 10.1 Å². The second-order valence-electron chi connectivity index (χ2n) is 8.04. The molecule has 1 N–H and O–H groups in total. The number of imide groups is 1. The van der Waals surface area contributed by atoms with Crippen LogP contribution >= 0.6 is 39.3 Å². The van der Waals surface area contributed by atoms with E-state index in [0.717, 1.165) is 40.4 Å². The van der Waals surface area contributed by atoms with E-state index in [-0.39, 0.29) is 27.8 Å². The van der Waals surface area contributed by atoms with Crippen LogP contribution in [-0.4, -0.2) is 47.7 Å². The number of hydrogen-bond donors (Lipinski definition) is 1. The quantitative estimate of drug-likeness (QED) is 0.176. The Hall–Kier alpha value is -2.82. The minimum atomic E-state index is -0.601. The second-order valence-corrected chi connectivity index (χ2v) is 10.3. The minimum absolute atomic E-state index is 0.113. The molecule has 2 aromatic carbocycles. The highest BCUT2D eigenvalue weighted by atomic mass is 79.9. The maximum absolute atomic E-state index is 12.8. The molecule has 1 heterocycles. The number of hydrogen-bond acceptors (Lipinski definition) is 7. The third-order valence-electron chi connectivity index (χ3n) is 5.09. The first-order valence-electron chi connectivity index (χ1n) is 11.7. The van der Waals surface area contributed by atoms with Crippen molar-refractivity contribution in [3.05, 3.63) is 61.9 Å². The molecule has 1 aliphatic rings. The summed E-state index contributed by atoms with van der Waals surface area (Å²) in [6.45, 7) is 4.36. The van der Waals surface area contributed by atoms with E-state index < -0.39 is 29.6 Å². The molecule has 0 spiro atoms. The van der Waals surface area contributed by atoms with Crippen molar-refractivity contribution in [3.63, 3.8) is 0 Å². The predicted octanol–water partition coefficient (Wildman–Crippen LogP) is 6.52. The van der Waals surface area contributed by atoms with Crippen LogP contribution in [0.2, 0.25) is 5.02 Å². The Bertz CT molecular complexity index is 1240. The van der Waals surface area contributed by atoms with E-state index in [1.807, 2.05) is 13.8 Å². The largest absolute Gasteiger partial charge is 0.492 e. The lowest BCUT2D eigenvalue weighted by Crippen LogP contribution is -2.36. The van der Waals surface area contributed by atoms with Gasteiger partial charge in [0.05, 0.1) is 33.2 Å². The normalized spacial score (nSPS) is 14.3. The van der Waals surface area contributed by atoms with E-state index in [2.05, 4.69) is 21.2 Å². The summed E-state index contributed by atoms with van der Waals surface area (Å²) in [6.07, 6.45) is 4.06. The number of nitrogens with zero attached hydrogens (tertiary/aromatic N) is 1. The van der Waals surface area contributed by atoms with Crippen molar-refractivity contribution in [2.45, 2.75) is 33.1 Å². The Morgan fingerprint density at radius 3 is 2.59 bits per heavy atom. The first-order valence-corrected chi connectivity index (χ1v) is 13.7. The molecule has 8 nitrogen and oxygen atoms in total. The van der Waals surface area contributed by atoms with Crippen molar-refractivity contribution in [2.24, 2.45) is 0 Å². The van der Waals surface area contributed by atoms with E-state index in [0.29, 0.717) is 17.9 Å². The molecule has 0 aliphatic carbocycles. The van der Waals surface area contributed by atoms with Crippen LogP contribution in [0.15, 0.2) is 45.8 Å². The lowest BCUT2D eigenvalue weighted by Gasteiger charge is -2.13. The zero-order chi connectivity index (χ0) is 26.9. The second kappa shape index (κ2) is 13.6. The molecule has 0 aromatic heterocycles. The van der Waals surface area contributed by atoms with E-state index in [9.17, 15) is 19.2 Å². The zero-order valence-electron chi connectivity index (χ0n) is 20.3. The number of benzene rings is 2. The van der Waals surface area contributed by atoms with Crippen molar-refractivity contribution in [2.75, 3.05) is 25.1 Å². The Balaban J connectivity index is 1.65. The highest BCUT2D eigenvalue weighted by Crippen LogP contribution is 2.34. The molecule has 37 heavy (non-hydrogen) atoms. The SMILES string of the molecule is CCCCOC(=O)c1cc(NC(=O)CN2C(=O)S/C(=C\c3ccc(OCCC)c(Br)c3)C2=O)ccc1Cl. The summed E-state index contributed by atoms with van der Waals surface area (Å²) in [5, 5.41) is 2.23. The summed E-state index contributed by atoms with van der Waals surface area (Å²) in [4.78, 5) is 51.3. The van der Waals surface area contributed by atoms with Crippen LogP contribution in [0.25, 0.3) is 6.08 Å². The summed E-state index contributed by atoms with van der Waals surface area (Å²) in [5.41, 5.74) is 1.10. The highest BCUT2D eigenvalue weighted by molar-refractivity contribution is 9.10. The van der Waals surface area contributed by atoms with Crippen molar-refractivity contribution >= 4 is 74.1 Å². The molecular formula is C26H26BrClN2O6S. The predicted molar refractivity (Wildman–Crippen MR) is 148 cm³/mol. The third kappa shape index (κ3) is 7.83. The fourth-order valence-corrected chi connectivity index (χ4v) is 4.76. The van der Waals surface area contributed by atoms with Crippen molar-refractivity contribution in [1.29, 1.82) is 0 Å². The standard InChI is InChI=1S/C26H26BrClN2O6S/c1-3-5-11-36-25(33)18-14-17(7-8-20(18)28)29-23(31)15-30-24(32)22(37-26(30)34)13-16-6-9-21(19(27)12-16)35-10-4-2/h6-9,12-14H,3-5,10-11,15H2,1-2H3,(H,29,31)/b22-13-. The van der Waals surface area contributed by atoms with Gasteiger partial charge in [0.2, 0.25) is 5.91 Å². The van der Waals surface area contributed by atoms with Gasteiger partial charge in [0.1, 0.15) is 12.3 Å². The molecule has 0 saturated carbocycles. The molecular weight excluding hydrogens is 584 g/mol. The molecule has 11 heteroatoms. The van der Waals surface area contributed by atoms with E-state index in [1.165, 1.54) is 18.2 Å². The van der Waals surface area contributed by atoms with Gasteiger partial charge in [-0.15, -0.1) is 0 Å². The number of anilines is 1. The number of carbonyl (C=O) groups excluding carboxylic acids is 4. The van der Waals surface area contributed by atoms with Gasteiger partial charge < -0.3 is 14.8 Å². The van der Waals surface area contributed by atoms with Crippen LogP contribution in [0.3, 0.4) is 0 Å². The molecule has 1 aliphatic heterocycles. The molecule has 196 valence electrons. The summed E-state index contributed by atoms with van der Waals surface area (Å²) in [5.74, 6) is -1.08. The van der Waals surface area contributed by atoms with Gasteiger partial charge in [-0.05, 0) is 82.5 Å². The number of esters is 1. The Morgan fingerprint density at radius 2 is 1.89 bits per heavy atom. The van der Waals surface area contributed by atoms with Crippen molar-refractivity contribution in [3.8, 4) is 5.75 Å². The molecule has 3 amide bonds. The van der Waals surface area contributed by atoms with Gasteiger partial charge in [0.25, 0.3) is 11.1 Å². The smallest absolute Gasteiger partial charge is 0.339 e. The van der Waals surface area contributed by atoms with Gasteiger partial charge in [-0.2, -0.15) is 0 Å². The van der Waals surface area contributed by atoms with Gasteiger partial charge in [-0.25, -0.2) is 4.79 Å². The molecule has 3 rings (SSSR count). The molecule has 0 bridgehead atoms. The Labute approximate surface area is 232 Å². The number of amides is 3. The first kappa shape index (κ1) is 28.7. The first-order chi connectivity index (χ1) is 17.7.